The molecule has 0 aromatic heterocycles. The summed E-state index contributed by atoms with van der Waals surface area (Å²) >= 11 is 0. The van der Waals surface area contributed by atoms with Crippen LogP contribution in [-0.2, 0) is 4.79 Å². The molecule has 1 fully saturated rings. The first-order chi connectivity index (χ1) is 7.65. The van der Waals surface area contributed by atoms with Crippen LogP contribution in [0.15, 0.2) is 0 Å². The highest BCUT2D eigenvalue weighted by molar-refractivity contribution is 5.78. The van der Waals surface area contributed by atoms with E-state index in [1.165, 1.54) is 0 Å². The van der Waals surface area contributed by atoms with Crippen molar-refractivity contribution >= 4 is 5.91 Å². The Bertz CT molecular complexity index is 210. The summed E-state index contributed by atoms with van der Waals surface area (Å²) < 4.78 is 0. The number of hydrogen-bond acceptors (Lipinski definition) is 3. The van der Waals surface area contributed by atoms with Gasteiger partial charge in [0.05, 0.1) is 6.54 Å². The lowest BCUT2D eigenvalue weighted by atomic mass is 10.3. The zero-order valence-electron chi connectivity index (χ0n) is 10.8. The maximum absolute atomic E-state index is 12.1. The Morgan fingerprint density at radius 1 is 1.38 bits per heavy atom. The summed E-state index contributed by atoms with van der Waals surface area (Å²) in [6.07, 6.45) is 1.14. The molecule has 4 nitrogen and oxygen atoms in total. The van der Waals surface area contributed by atoms with E-state index in [2.05, 4.69) is 24.1 Å². The predicted octanol–water partition coefficient (Wildman–Crippen LogP) is 0.539. The van der Waals surface area contributed by atoms with Gasteiger partial charge in [-0.1, -0.05) is 0 Å². The van der Waals surface area contributed by atoms with E-state index in [0.717, 1.165) is 39.1 Å². The van der Waals surface area contributed by atoms with Gasteiger partial charge in [0.2, 0.25) is 5.91 Å². The zero-order chi connectivity index (χ0) is 12.0. The fourth-order valence-corrected chi connectivity index (χ4v) is 2.17. The summed E-state index contributed by atoms with van der Waals surface area (Å²) in [5.41, 5.74) is 0. The van der Waals surface area contributed by atoms with Crippen LogP contribution in [0.25, 0.3) is 0 Å². The SMILES string of the molecule is CCN(C(=O)CN1CCCNCC1)C(C)C. The second kappa shape index (κ2) is 6.86. The molecule has 0 aromatic carbocycles. The summed E-state index contributed by atoms with van der Waals surface area (Å²) in [6.45, 7) is 11.7. The highest BCUT2D eigenvalue weighted by atomic mass is 16.2. The number of likely N-dealkylation sites (N-methyl/N-ethyl adjacent to an activating group) is 1. The van der Waals surface area contributed by atoms with E-state index in [1.54, 1.807) is 0 Å². The van der Waals surface area contributed by atoms with Crippen LogP contribution in [-0.4, -0.2) is 61.0 Å². The highest BCUT2D eigenvalue weighted by Crippen LogP contribution is 2.02. The van der Waals surface area contributed by atoms with Gasteiger partial charge >= 0.3 is 0 Å². The van der Waals surface area contributed by atoms with Crippen LogP contribution in [0.1, 0.15) is 27.2 Å². The average Bonchev–Trinajstić information content (AvgIpc) is 2.46. The van der Waals surface area contributed by atoms with Gasteiger partial charge in [0.25, 0.3) is 0 Å². The van der Waals surface area contributed by atoms with Crippen LogP contribution < -0.4 is 5.32 Å². The molecular weight excluding hydrogens is 202 g/mol. The lowest BCUT2D eigenvalue weighted by Gasteiger charge is -2.28. The third-order valence-electron chi connectivity index (χ3n) is 3.08. The Labute approximate surface area is 99.0 Å². The van der Waals surface area contributed by atoms with E-state index >= 15 is 0 Å². The fraction of sp³-hybridized carbons (Fsp3) is 0.917. The first-order valence-electron chi connectivity index (χ1n) is 6.37. The number of amides is 1. The highest BCUT2D eigenvalue weighted by Gasteiger charge is 2.18. The number of nitrogens with zero attached hydrogens (tertiary/aromatic N) is 2. The molecule has 0 bridgehead atoms. The largest absolute Gasteiger partial charge is 0.339 e. The Kier molecular flexibility index (Phi) is 5.77. The van der Waals surface area contributed by atoms with Crippen molar-refractivity contribution in [2.75, 3.05) is 39.3 Å². The van der Waals surface area contributed by atoms with Crippen LogP contribution in [0.3, 0.4) is 0 Å². The molecule has 94 valence electrons. The monoisotopic (exact) mass is 227 g/mol. The minimum Gasteiger partial charge on any atom is -0.339 e. The van der Waals surface area contributed by atoms with Gasteiger partial charge in [-0.05, 0) is 40.3 Å². The summed E-state index contributed by atoms with van der Waals surface area (Å²) in [7, 11) is 0. The molecule has 1 aliphatic rings. The summed E-state index contributed by atoms with van der Waals surface area (Å²) in [5, 5.41) is 3.35. The molecule has 4 heteroatoms. The van der Waals surface area contributed by atoms with Gasteiger partial charge in [-0.25, -0.2) is 0 Å². The van der Waals surface area contributed by atoms with Gasteiger partial charge in [-0.15, -0.1) is 0 Å². The summed E-state index contributed by atoms with van der Waals surface area (Å²) in [5.74, 6) is 0.263. The maximum Gasteiger partial charge on any atom is 0.236 e. The molecule has 0 spiro atoms. The van der Waals surface area contributed by atoms with Crippen LogP contribution in [0.4, 0.5) is 0 Å². The van der Waals surface area contributed by atoms with Crippen LogP contribution >= 0.6 is 0 Å². The molecule has 0 atom stereocenters. The van der Waals surface area contributed by atoms with Gasteiger partial charge in [0, 0.05) is 25.7 Å². The summed E-state index contributed by atoms with van der Waals surface area (Å²) in [6, 6.07) is 0.308. The molecule has 0 aromatic rings. The van der Waals surface area contributed by atoms with Crippen molar-refractivity contribution in [2.45, 2.75) is 33.2 Å². The Morgan fingerprint density at radius 2 is 2.12 bits per heavy atom. The van der Waals surface area contributed by atoms with Gasteiger partial charge < -0.3 is 10.2 Å². The van der Waals surface area contributed by atoms with E-state index in [4.69, 9.17) is 0 Å². The first kappa shape index (κ1) is 13.5. The third kappa shape index (κ3) is 4.10. The smallest absolute Gasteiger partial charge is 0.236 e. The fourth-order valence-electron chi connectivity index (χ4n) is 2.17. The Balaban J connectivity index is 2.41. The van der Waals surface area contributed by atoms with E-state index < -0.39 is 0 Å². The molecule has 1 N–H and O–H groups in total. The van der Waals surface area contributed by atoms with Gasteiger partial charge in [0.15, 0.2) is 0 Å². The van der Waals surface area contributed by atoms with Crippen molar-refractivity contribution < 1.29 is 4.79 Å². The summed E-state index contributed by atoms with van der Waals surface area (Å²) in [4.78, 5) is 16.3. The molecule has 0 radical (unpaired) electrons. The van der Waals surface area contributed by atoms with Gasteiger partial charge in [-0.3, -0.25) is 9.69 Å². The minimum absolute atomic E-state index is 0.263. The molecule has 1 heterocycles. The van der Waals surface area contributed by atoms with Crippen LogP contribution in [0.2, 0.25) is 0 Å². The molecule has 1 amide bonds. The average molecular weight is 227 g/mol. The van der Waals surface area contributed by atoms with Crippen LogP contribution in [0, 0.1) is 0 Å². The van der Waals surface area contributed by atoms with E-state index in [0.29, 0.717) is 12.6 Å². The number of hydrogen-bond donors (Lipinski definition) is 1. The lowest BCUT2D eigenvalue weighted by molar-refractivity contribution is -0.133. The number of nitrogens with one attached hydrogen (secondary N) is 1. The zero-order valence-corrected chi connectivity index (χ0v) is 10.8. The number of carbonyl (C=O) groups is 1. The van der Waals surface area contributed by atoms with Crippen molar-refractivity contribution in [1.82, 2.24) is 15.1 Å². The van der Waals surface area contributed by atoms with Crippen molar-refractivity contribution in [3.8, 4) is 0 Å². The van der Waals surface area contributed by atoms with Gasteiger partial charge in [0.1, 0.15) is 0 Å². The van der Waals surface area contributed by atoms with Crippen molar-refractivity contribution in [3.63, 3.8) is 0 Å². The standard InChI is InChI=1S/C12H25N3O/c1-4-15(11(2)3)12(16)10-14-8-5-6-13-7-9-14/h11,13H,4-10H2,1-3H3. The second-order valence-corrected chi connectivity index (χ2v) is 4.65. The molecule has 16 heavy (non-hydrogen) atoms. The Morgan fingerprint density at radius 3 is 2.75 bits per heavy atom. The molecule has 1 rings (SSSR count). The first-order valence-corrected chi connectivity index (χ1v) is 6.37. The predicted molar refractivity (Wildman–Crippen MR) is 66.4 cm³/mol. The van der Waals surface area contributed by atoms with E-state index in [1.807, 2.05) is 11.8 Å². The molecule has 0 aliphatic carbocycles. The van der Waals surface area contributed by atoms with Crippen molar-refractivity contribution in [2.24, 2.45) is 0 Å². The van der Waals surface area contributed by atoms with Gasteiger partial charge in [-0.2, -0.15) is 0 Å². The topological polar surface area (TPSA) is 35.6 Å². The van der Waals surface area contributed by atoms with Crippen LogP contribution in [0.5, 0.6) is 0 Å². The second-order valence-electron chi connectivity index (χ2n) is 4.65. The molecule has 1 aliphatic heterocycles. The van der Waals surface area contributed by atoms with Crippen molar-refractivity contribution in [1.29, 1.82) is 0 Å². The molecule has 1 saturated heterocycles. The number of carbonyl (C=O) groups excluding carboxylic acids is 1. The lowest BCUT2D eigenvalue weighted by Crippen LogP contribution is -2.44. The maximum atomic E-state index is 12.1. The molecule has 0 saturated carbocycles. The Hall–Kier alpha value is -0.610. The minimum atomic E-state index is 0.263. The normalized spacial score (nSPS) is 18.5. The number of rotatable bonds is 4. The van der Waals surface area contributed by atoms with E-state index in [9.17, 15) is 4.79 Å². The van der Waals surface area contributed by atoms with E-state index in [-0.39, 0.29) is 5.91 Å². The van der Waals surface area contributed by atoms with Crippen molar-refractivity contribution in [3.05, 3.63) is 0 Å². The quantitative estimate of drug-likeness (QED) is 0.761. The third-order valence-corrected chi connectivity index (χ3v) is 3.08. The molecule has 0 unspecified atom stereocenters. The molecular formula is C12H25N3O.